The van der Waals surface area contributed by atoms with Crippen LogP contribution in [0.25, 0.3) is 0 Å². The fourth-order valence-corrected chi connectivity index (χ4v) is 1.76. The van der Waals surface area contributed by atoms with Crippen LogP contribution in [0.1, 0.15) is 6.92 Å². The van der Waals surface area contributed by atoms with Gasteiger partial charge in [0.2, 0.25) is 0 Å². The smallest absolute Gasteiger partial charge is 0.177 e. The topological polar surface area (TPSA) is 64.4 Å². The second kappa shape index (κ2) is 7.08. The summed E-state index contributed by atoms with van der Waals surface area (Å²) in [4.78, 5) is 0. The minimum atomic E-state index is 0.469. The van der Waals surface area contributed by atoms with Gasteiger partial charge in [0.25, 0.3) is 0 Å². The van der Waals surface area contributed by atoms with Crippen molar-refractivity contribution in [2.75, 3.05) is 17.3 Å². The molecule has 0 spiro atoms. The first-order valence-corrected chi connectivity index (χ1v) is 5.19. The third-order valence-electron chi connectivity index (χ3n) is 0.809. The predicted octanol–water partition coefficient (Wildman–Crippen LogP) is 0.661. The van der Waals surface area contributed by atoms with Crippen LogP contribution in [0, 0.1) is 0 Å². The molecule has 0 bridgehead atoms. The highest BCUT2D eigenvalue weighted by atomic mass is 32.2. The number of thioether (sulfide) groups is 2. The van der Waals surface area contributed by atoms with E-state index in [0.717, 1.165) is 17.3 Å². The van der Waals surface area contributed by atoms with E-state index in [1.807, 2.05) is 11.8 Å². The Morgan fingerprint density at radius 1 is 1.50 bits per heavy atom. The van der Waals surface area contributed by atoms with Gasteiger partial charge in [-0.05, 0) is 5.75 Å². The Kier molecular flexibility index (Phi) is 7.06. The van der Waals surface area contributed by atoms with Crippen molar-refractivity contribution in [2.24, 2.45) is 16.7 Å². The fraction of sp³-hybridized carbons (Fsp3) is 0.800. The molecule has 0 aliphatic rings. The molecule has 0 aliphatic carbocycles. The molecule has 0 radical (unpaired) electrons. The van der Waals surface area contributed by atoms with E-state index in [9.17, 15) is 0 Å². The third-order valence-corrected chi connectivity index (χ3v) is 2.78. The van der Waals surface area contributed by atoms with E-state index in [2.05, 4.69) is 12.0 Å². The van der Waals surface area contributed by atoms with Gasteiger partial charge in [0, 0.05) is 11.5 Å². The first-order chi connectivity index (χ1) is 4.81. The molecule has 0 unspecified atom stereocenters. The molecule has 0 saturated carbocycles. The van der Waals surface area contributed by atoms with E-state index >= 15 is 0 Å². The second-order valence-electron chi connectivity index (χ2n) is 1.51. The summed E-state index contributed by atoms with van der Waals surface area (Å²) in [6.07, 6.45) is 0. The predicted molar refractivity (Wildman–Crippen MR) is 51.3 cm³/mol. The van der Waals surface area contributed by atoms with Crippen molar-refractivity contribution in [1.29, 1.82) is 0 Å². The molecule has 10 heavy (non-hydrogen) atoms. The summed E-state index contributed by atoms with van der Waals surface area (Å²) in [5.74, 6) is 8.17. The zero-order valence-corrected chi connectivity index (χ0v) is 7.67. The highest BCUT2D eigenvalue weighted by Gasteiger charge is 1.91. The van der Waals surface area contributed by atoms with Crippen LogP contribution < -0.4 is 11.6 Å². The minimum Gasteiger partial charge on any atom is -0.377 e. The molecule has 60 valence electrons. The Labute approximate surface area is 70.0 Å². The average Bonchev–Trinajstić information content (AvgIpc) is 1.98. The summed E-state index contributed by atoms with van der Waals surface area (Å²) >= 11 is 3.39. The van der Waals surface area contributed by atoms with Gasteiger partial charge in [0.1, 0.15) is 0 Å². The largest absolute Gasteiger partial charge is 0.377 e. The lowest BCUT2D eigenvalue weighted by atomic mass is 10.9. The van der Waals surface area contributed by atoms with Gasteiger partial charge in [-0.1, -0.05) is 18.7 Å². The van der Waals surface area contributed by atoms with Crippen molar-refractivity contribution < 1.29 is 0 Å². The molecule has 0 amide bonds. The van der Waals surface area contributed by atoms with Gasteiger partial charge in [-0.3, -0.25) is 0 Å². The van der Waals surface area contributed by atoms with Crippen LogP contribution in [-0.2, 0) is 0 Å². The molecule has 3 nitrogen and oxygen atoms in total. The molecule has 0 aromatic rings. The van der Waals surface area contributed by atoms with E-state index in [1.165, 1.54) is 11.8 Å². The molecule has 0 aliphatic heterocycles. The normalized spacial score (nSPS) is 11.9. The standard InChI is InChI=1S/C5H13N3S2/c1-2-9-3-4-10-5(6)8-7/h2-4,7H2,1H3,(H2,6,8). The van der Waals surface area contributed by atoms with E-state index in [0.29, 0.717) is 5.17 Å². The van der Waals surface area contributed by atoms with E-state index in [4.69, 9.17) is 11.6 Å². The molecule has 0 aromatic carbocycles. The Morgan fingerprint density at radius 3 is 2.70 bits per heavy atom. The van der Waals surface area contributed by atoms with Crippen molar-refractivity contribution in [2.45, 2.75) is 6.92 Å². The molecule has 0 aromatic heterocycles. The van der Waals surface area contributed by atoms with Crippen LogP contribution in [-0.4, -0.2) is 22.4 Å². The average molecular weight is 179 g/mol. The highest BCUT2D eigenvalue weighted by Crippen LogP contribution is 2.05. The van der Waals surface area contributed by atoms with Gasteiger partial charge >= 0.3 is 0 Å². The summed E-state index contributed by atoms with van der Waals surface area (Å²) in [6, 6.07) is 0. The van der Waals surface area contributed by atoms with Crippen molar-refractivity contribution in [3.05, 3.63) is 0 Å². The third kappa shape index (κ3) is 6.10. The lowest BCUT2D eigenvalue weighted by molar-refractivity contribution is 1.25. The van der Waals surface area contributed by atoms with Crippen LogP contribution in [0.3, 0.4) is 0 Å². The summed E-state index contributed by atoms with van der Waals surface area (Å²) < 4.78 is 0. The number of nitrogens with two attached hydrogens (primary N) is 2. The molecule has 5 heteroatoms. The highest BCUT2D eigenvalue weighted by molar-refractivity contribution is 8.14. The van der Waals surface area contributed by atoms with E-state index in [-0.39, 0.29) is 0 Å². The molecule has 0 fully saturated rings. The summed E-state index contributed by atoms with van der Waals surface area (Å²) in [7, 11) is 0. The van der Waals surface area contributed by atoms with E-state index < -0.39 is 0 Å². The Bertz CT molecular complexity index is 105. The molecule has 0 atom stereocenters. The van der Waals surface area contributed by atoms with Crippen LogP contribution in [0.5, 0.6) is 0 Å². The Balaban J connectivity index is 3.04. The summed E-state index contributed by atoms with van der Waals surface area (Å²) in [5, 5.41) is 3.80. The van der Waals surface area contributed by atoms with Crippen molar-refractivity contribution in [3.8, 4) is 0 Å². The number of nitrogens with zero attached hydrogens (tertiary/aromatic N) is 1. The summed E-state index contributed by atoms with van der Waals surface area (Å²) in [6.45, 7) is 2.13. The first-order valence-electron chi connectivity index (χ1n) is 3.05. The number of hydrogen-bond donors (Lipinski definition) is 2. The second-order valence-corrected chi connectivity index (χ2v) is 4.02. The zero-order valence-electron chi connectivity index (χ0n) is 6.04. The van der Waals surface area contributed by atoms with Gasteiger partial charge in [-0.15, -0.1) is 0 Å². The van der Waals surface area contributed by atoms with Gasteiger partial charge in [-0.2, -0.15) is 16.9 Å². The zero-order chi connectivity index (χ0) is 7.82. The van der Waals surface area contributed by atoms with Gasteiger partial charge in [0.05, 0.1) is 0 Å². The minimum absolute atomic E-state index is 0.469. The summed E-state index contributed by atoms with van der Waals surface area (Å²) in [5.41, 5.74) is 5.33. The van der Waals surface area contributed by atoms with Crippen LogP contribution in [0.2, 0.25) is 0 Å². The Hall–Kier alpha value is -0.0300. The van der Waals surface area contributed by atoms with Crippen molar-refractivity contribution >= 4 is 28.7 Å². The van der Waals surface area contributed by atoms with Crippen molar-refractivity contribution in [1.82, 2.24) is 0 Å². The quantitative estimate of drug-likeness (QED) is 0.219. The van der Waals surface area contributed by atoms with Gasteiger partial charge < -0.3 is 11.6 Å². The lowest BCUT2D eigenvalue weighted by Crippen LogP contribution is -2.10. The van der Waals surface area contributed by atoms with Crippen molar-refractivity contribution in [3.63, 3.8) is 0 Å². The number of hydrazone groups is 1. The molecule has 0 rings (SSSR count). The molecule has 0 saturated heterocycles. The maximum Gasteiger partial charge on any atom is 0.177 e. The Morgan fingerprint density at radius 2 is 2.20 bits per heavy atom. The van der Waals surface area contributed by atoms with Gasteiger partial charge in [-0.25, -0.2) is 0 Å². The SMILES string of the molecule is CCSCCSC(N)=NN. The molecular formula is C5H13N3S2. The monoisotopic (exact) mass is 179 g/mol. The maximum absolute atomic E-state index is 5.33. The van der Waals surface area contributed by atoms with Gasteiger partial charge in [0.15, 0.2) is 5.17 Å². The number of amidine groups is 1. The molecular weight excluding hydrogens is 166 g/mol. The van der Waals surface area contributed by atoms with Crippen LogP contribution >= 0.6 is 23.5 Å². The lowest BCUT2D eigenvalue weighted by Gasteiger charge is -1.96. The maximum atomic E-state index is 5.33. The fourth-order valence-electron chi connectivity index (χ4n) is 0.387. The number of hydrogen-bond acceptors (Lipinski definition) is 4. The first kappa shape index (κ1) is 9.97. The van der Waals surface area contributed by atoms with Crippen LogP contribution in [0.4, 0.5) is 0 Å². The molecule has 4 N–H and O–H groups in total. The van der Waals surface area contributed by atoms with E-state index in [1.54, 1.807) is 0 Å². The van der Waals surface area contributed by atoms with Crippen LogP contribution in [0.15, 0.2) is 5.10 Å². The molecule has 0 heterocycles. The number of rotatable bonds is 4.